The summed E-state index contributed by atoms with van der Waals surface area (Å²) >= 11 is 3.29. The van der Waals surface area contributed by atoms with E-state index >= 15 is 0 Å². The van der Waals surface area contributed by atoms with Gasteiger partial charge in [-0.25, -0.2) is 16.8 Å². The molecule has 1 heterocycles. The number of hydrogen-bond acceptors (Lipinski definition) is 3. The first-order valence-electron chi connectivity index (χ1n) is 7.46. The third-order valence-electron chi connectivity index (χ3n) is 3.79. The molecule has 0 fully saturated rings. The Morgan fingerprint density at radius 2 is 1.76 bits per heavy atom. The zero-order chi connectivity index (χ0) is 18.2. The molecule has 3 rings (SSSR count). The molecule has 1 aromatic heterocycles. The lowest BCUT2D eigenvalue weighted by Crippen LogP contribution is -2.14. The van der Waals surface area contributed by atoms with Crippen molar-refractivity contribution in [1.29, 1.82) is 0 Å². The fraction of sp³-hybridized carbons (Fsp3) is 0.111. The second-order valence-corrected chi connectivity index (χ2v) is 8.45. The maximum absolute atomic E-state index is 14.3. The highest BCUT2D eigenvalue weighted by atomic mass is 79.9. The van der Waals surface area contributed by atoms with E-state index in [1.165, 1.54) is 24.4 Å². The van der Waals surface area contributed by atoms with Crippen LogP contribution in [0.1, 0.15) is 0 Å². The summed E-state index contributed by atoms with van der Waals surface area (Å²) < 4.78 is 42.3. The molecule has 25 heavy (non-hydrogen) atoms. The van der Waals surface area contributed by atoms with E-state index in [2.05, 4.69) is 15.9 Å². The topological polar surface area (TPSA) is 42.3 Å². The van der Waals surface area contributed by atoms with E-state index in [-0.39, 0.29) is 16.2 Å². The van der Waals surface area contributed by atoms with Gasteiger partial charge in [-0.2, -0.15) is 0 Å². The van der Waals surface area contributed by atoms with Crippen molar-refractivity contribution in [3.05, 3.63) is 71.1 Å². The molecule has 0 amide bonds. The first kappa shape index (κ1) is 17.7. The number of benzene rings is 2. The van der Waals surface area contributed by atoms with Crippen molar-refractivity contribution in [3.63, 3.8) is 0 Å². The Labute approximate surface area is 154 Å². The smallest absolute Gasteiger partial charge is 0.268 e. The summed E-state index contributed by atoms with van der Waals surface area (Å²) in [6.07, 6.45) is 1.50. The second-order valence-electron chi connectivity index (χ2n) is 5.72. The summed E-state index contributed by atoms with van der Waals surface area (Å²) in [6, 6.07) is 14.2. The Kier molecular flexibility index (Phi) is 4.71. The van der Waals surface area contributed by atoms with E-state index in [0.717, 1.165) is 3.97 Å². The molecule has 2 aromatic carbocycles. The van der Waals surface area contributed by atoms with Crippen molar-refractivity contribution in [2.24, 2.45) is 0 Å². The predicted octanol–water partition coefficient (Wildman–Crippen LogP) is 4.36. The van der Waals surface area contributed by atoms with Crippen LogP contribution in [0.2, 0.25) is 0 Å². The highest BCUT2D eigenvalue weighted by Gasteiger charge is 2.23. The predicted molar refractivity (Wildman–Crippen MR) is 101 cm³/mol. The molecule has 7 heteroatoms. The molecule has 0 aliphatic carbocycles. The van der Waals surface area contributed by atoms with Crippen LogP contribution >= 0.6 is 15.9 Å². The summed E-state index contributed by atoms with van der Waals surface area (Å²) in [5.74, 6) is -0.475. The van der Waals surface area contributed by atoms with Gasteiger partial charge in [0.15, 0.2) is 0 Å². The maximum Gasteiger partial charge on any atom is 0.268 e. The van der Waals surface area contributed by atoms with Crippen LogP contribution in [-0.2, 0) is 10.0 Å². The van der Waals surface area contributed by atoms with Gasteiger partial charge in [0, 0.05) is 30.3 Å². The monoisotopic (exact) mass is 422 g/mol. The van der Waals surface area contributed by atoms with E-state index in [4.69, 9.17) is 0 Å². The van der Waals surface area contributed by atoms with E-state index < -0.39 is 15.8 Å². The van der Waals surface area contributed by atoms with Crippen LogP contribution < -0.4 is 4.90 Å². The molecule has 3 aromatic rings. The summed E-state index contributed by atoms with van der Waals surface area (Å²) in [6.45, 7) is 0. The number of rotatable bonds is 4. The van der Waals surface area contributed by atoms with Crippen LogP contribution in [0, 0.1) is 5.82 Å². The number of halogens is 2. The molecule has 0 bridgehead atoms. The SMILES string of the molecule is CN(C)c1cc(-c2ccccc2F)n(S(=O)(=O)c2cccc(Br)c2)c1. The van der Waals surface area contributed by atoms with Crippen molar-refractivity contribution in [3.8, 4) is 11.3 Å². The largest absolute Gasteiger partial charge is 0.376 e. The van der Waals surface area contributed by atoms with Gasteiger partial charge in [-0.05, 0) is 36.4 Å². The summed E-state index contributed by atoms with van der Waals surface area (Å²) in [7, 11) is -0.272. The number of hydrogen-bond donors (Lipinski definition) is 0. The van der Waals surface area contributed by atoms with Crippen LogP contribution in [-0.4, -0.2) is 26.5 Å². The molecular formula is C18H16BrFN2O2S. The average Bonchev–Trinajstić information content (AvgIpc) is 3.01. The van der Waals surface area contributed by atoms with Gasteiger partial charge in [0.1, 0.15) is 5.82 Å². The van der Waals surface area contributed by atoms with Gasteiger partial charge in [-0.1, -0.05) is 34.1 Å². The van der Waals surface area contributed by atoms with Crippen molar-refractivity contribution in [2.75, 3.05) is 19.0 Å². The number of nitrogens with zero attached hydrogens (tertiary/aromatic N) is 2. The Balaban J connectivity index is 2.27. The molecule has 0 N–H and O–H groups in total. The zero-order valence-corrected chi connectivity index (χ0v) is 16.1. The summed E-state index contributed by atoms with van der Waals surface area (Å²) in [5.41, 5.74) is 1.17. The van der Waals surface area contributed by atoms with Crippen molar-refractivity contribution in [2.45, 2.75) is 4.90 Å². The average molecular weight is 423 g/mol. The Hall–Kier alpha value is -2.12. The lowest BCUT2D eigenvalue weighted by atomic mass is 10.1. The standard InChI is InChI=1S/C18H16BrFN2O2S/c1-21(2)14-11-18(16-8-3-4-9-17(16)20)22(12-14)25(23,24)15-7-5-6-13(19)10-15/h3-12H,1-2H3. The van der Waals surface area contributed by atoms with Gasteiger partial charge in [0.25, 0.3) is 10.0 Å². The molecular weight excluding hydrogens is 407 g/mol. The van der Waals surface area contributed by atoms with Gasteiger partial charge in [-0.3, -0.25) is 0 Å². The normalized spacial score (nSPS) is 11.5. The molecule has 0 atom stereocenters. The molecule has 0 unspecified atom stereocenters. The molecule has 4 nitrogen and oxygen atoms in total. The van der Waals surface area contributed by atoms with Gasteiger partial charge in [0.05, 0.1) is 16.3 Å². The number of anilines is 1. The molecule has 0 radical (unpaired) electrons. The molecule has 0 aliphatic heterocycles. The molecule has 130 valence electrons. The lowest BCUT2D eigenvalue weighted by molar-refractivity contribution is 0.587. The Morgan fingerprint density at radius 1 is 1.04 bits per heavy atom. The summed E-state index contributed by atoms with van der Waals surface area (Å²) in [4.78, 5) is 1.90. The molecule has 0 saturated heterocycles. The Bertz CT molecular complexity index is 1030. The second kappa shape index (κ2) is 6.65. The minimum Gasteiger partial charge on any atom is -0.376 e. The first-order valence-corrected chi connectivity index (χ1v) is 9.70. The van der Waals surface area contributed by atoms with Crippen molar-refractivity contribution >= 4 is 31.6 Å². The Morgan fingerprint density at radius 3 is 2.40 bits per heavy atom. The minimum atomic E-state index is -3.88. The van der Waals surface area contributed by atoms with Gasteiger partial charge < -0.3 is 4.90 Å². The lowest BCUT2D eigenvalue weighted by Gasteiger charge is -2.11. The van der Waals surface area contributed by atoms with Crippen molar-refractivity contribution < 1.29 is 12.8 Å². The third kappa shape index (κ3) is 3.34. The van der Waals surface area contributed by atoms with Crippen molar-refractivity contribution in [1.82, 2.24) is 3.97 Å². The van der Waals surface area contributed by atoms with Crippen LogP contribution in [0.3, 0.4) is 0 Å². The zero-order valence-electron chi connectivity index (χ0n) is 13.6. The first-order chi connectivity index (χ1) is 11.8. The third-order valence-corrected chi connectivity index (χ3v) is 5.95. The van der Waals surface area contributed by atoms with Gasteiger partial charge >= 0.3 is 0 Å². The highest BCUT2D eigenvalue weighted by Crippen LogP contribution is 2.32. The quantitative estimate of drug-likeness (QED) is 0.627. The molecule has 0 saturated carbocycles. The van der Waals surface area contributed by atoms with Gasteiger partial charge in [-0.15, -0.1) is 0 Å². The molecule has 0 spiro atoms. The molecule has 0 aliphatic rings. The van der Waals surface area contributed by atoms with Crippen LogP contribution in [0.4, 0.5) is 10.1 Å². The van der Waals surface area contributed by atoms with E-state index in [1.807, 2.05) is 0 Å². The van der Waals surface area contributed by atoms with E-state index in [0.29, 0.717) is 10.2 Å². The summed E-state index contributed by atoms with van der Waals surface area (Å²) in [5, 5.41) is 0. The van der Waals surface area contributed by atoms with E-state index in [9.17, 15) is 12.8 Å². The fourth-order valence-corrected chi connectivity index (χ4v) is 4.44. The van der Waals surface area contributed by atoms with Crippen LogP contribution in [0.5, 0.6) is 0 Å². The van der Waals surface area contributed by atoms with Crippen LogP contribution in [0.15, 0.2) is 70.2 Å². The van der Waals surface area contributed by atoms with E-state index in [1.54, 1.807) is 55.4 Å². The highest BCUT2D eigenvalue weighted by molar-refractivity contribution is 9.10. The maximum atomic E-state index is 14.3. The van der Waals surface area contributed by atoms with Gasteiger partial charge in [0.2, 0.25) is 0 Å². The number of aromatic nitrogens is 1. The van der Waals surface area contributed by atoms with Crippen LogP contribution in [0.25, 0.3) is 11.3 Å². The minimum absolute atomic E-state index is 0.125. The fourth-order valence-electron chi connectivity index (χ4n) is 2.48.